The summed E-state index contributed by atoms with van der Waals surface area (Å²) in [5.74, 6) is -0.260. The summed E-state index contributed by atoms with van der Waals surface area (Å²) in [6, 6.07) is 3.91. The summed E-state index contributed by atoms with van der Waals surface area (Å²) in [4.78, 5) is 18.7. The third-order valence-corrected chi connectivity index (χ3v) is 4.57. The molecule has 2 aromatic rings. The van der Waals surface area contributed by atoms with Crippen LogP contribution in [0.15, 0.2) is 22.7 Å². The molecular formula is C12H12N4O2S2. The lowest BCUT2D eigenvalue weighted by atomic mass is 9.98. The van der Waals surface area contributed by atoms with Gasteiger partial charge in [-0.1, -0.05) is 22.6 Å². The van der Waals surface area contributed by atoms with E-state index in [-0.39, 0.29) is 5.91 Å². The summed E-state index contributed by atoms with van der Waals surface area (Å²) in [7, 11) is 0. The molecule has 20 heavy (non-hydrogen) atoms. The number of thiophene rings is 1. The highest BCUT2D eigenvalue weighted by atomic mass is 32.1. The fourth-order valence-corrected chi connectivity index (χ4v) is 3.11. The van der Waals surface area contributed by atoms with Gasteiger partial charge in [-0.2, -0.15) is 0 Å². The van der Waals surface area contributed by atoms with Gasteiger partial charge in [-0.05, 0) is 25.3 Å². The highest BCUT2D eigenvalue weighted by Gasteiger charge is 2.42. The molecule has 0 aromatic carbocycles. The zero-order chi connectivity index (χ0) is 14.2. The van der Waals surface area contributed by atoms with Crippen LogP contribution < -0.4 is 5.32 Å². The first-order valence-corrected chi connectivity index (χ1v) is 7.67. The third kappa shape index (κ3) is 2.44. The normalized spacial score (nSPS) is 21.4. The molecule has 0 spiro atoms. The van der Waals surface area contributed by atoms with Crippen LogP contribution in [0.5, 0.6) is 0 Å². The fraction of sp³-hybridized carbons (Fsp3) is 0.333. The average molecular weight is 308 g/mol. The topological polar surface area (TPSA) is 76.5 Å². The van der Waals surface area contributed by atoms with E-state index in [0.29, 0.717) is 11.6 Å². The lowest BCUT2D eigenvalue weighted by Gasteiger charge is -2.19. The van der Waals surface area contributed by atoms with Gasteiger partial charge in [-0.3, -0.25) is 10.1 Å². The highest BCUT2D eigenvalue weighted by Crippen LogP contribution is 2.29. The molecule has 0 fully saturated rings. The summed E-state index contributed by atoms with van der Waals surface area (Å²) >= 11 is 2.90. The number of hydrogen-bond acceptors (Lipinski definition) is 7. The maximum Gasteiger partial charge on any atom is 0.273 e. The molecule has 3 rings (SSSR count). The van der Waals surface area contributed by atoms with Crippen LogP contribution in [-0.2, 0) is 9.63 Å². The molecule has 0 unspecified atom stereocenters. The molecule has 1 aliphatic rings. The van der Waals surface area contributed by atoms with Gasteiger partial charge >= 0.3 is 0 Å². The van der Waals surface area contributed by atoms with Gasteiger partial charge in [-0.15, -0.1) is 21.5 Å². The number of aryl methyl sites for hydroxylation is 1. The van der Waals surface area contributed by atoms with Gasteiger partial charge in [0.25, 0.3) is 5.91 Å². The van der Waals surface area contributed by atoms with Gasteiger partial charge in [0, 0.05) is 6.42 Å². The predicted molar refractivity (Wildman–Crippen MR) is 78.2 cm³/mol. The van der Waals surface area contributed by atoms with Crippen LogP contribution in [0.25, 0.3) is 0 Å². The first-order valence-electron chi connectivity index (χ1n) is 5.97. The van der Waals surface area contributed by atoms with E-state index in [1.165, 1.54) is 11.3 Å². The summed E-state index contributed by atoms with van der Waals surface area (Å²) in [6.45, 7) is 3.56. The van der Waals surface area contributed by atoms with Crippen molar-refractivity contribution in [3.63, 3.8) is 0 Å². The van der Waals surface area contributed by atoms with Crippen LogP contribution in [0.4, 0.5) is 5.13 Å². The summed E-state index contributed by atoms with van der Waals surface area (Å²) in [6.07, 6.45) is 0.442. The van der Waals surface area contributed by atoms with E-state index in [9.17, 15) is 4.79 Å². The Morgan fingerprint density at radius 3 is 3.00 bits per heavy atom. The Kier molecular flexibility index (Phi) is 3.27. The van der Waals surface area contributed by atoms with Crippen LogP contribution in [0.1, 0.15) is 23.2 Å². The predicted octanol–water partition coefficient (Wildman–Crippen LogP) is 2.43. The molecule has 8 heteroatoms. The maximum absolute atomic E-state index is 12.3. The number of rotatable bonds is 3. The van der Waals surface area contributed by atoms with E-state index in [4.69, 9.17) is 4.84 Å². The minimum atomic E-state index is -1.00. The van der Waals surface area contributed by atoms with Gasteiger partial charge in [0.05, 0.1) is 4.88 Å². The number of nitrogens with zero attached hydrogens (tertiary/aromatic N) is 3. The molecular weight excluding hydrogens is 296 g/mol. The Labute approximate surface area is 123 Å². The van der Waals surface area contributed by atoms with Crippen LogP contribution in [0.3, 0.4) is 0 Å². The Morgan fingerprint density at radius 1 is 1.50 bits per heavy atom. The van der Waals surface area contributed by atoms with Crippen molar-refractivity contribution < 1.29 is 9.63 Å². The molecule has 0 bridgehead atoms. The summed E-state index contributed by atoms with van der Waals surface area (Å²) < 4.78 is 0. The van der Waals surface area contributed by atoms with E-state index in [1.54, 1.807) is 18.3 Å². The first-order chi connectivity index (χ1) is 9.57. The SMILES string of the molecule is Cc1nnc(NC(=O)[C@@]2(C)CC(c3cccs3)=NO2)s1. The van der Waals surface area contributed by atoms with Gasteiger partial charge < -0.3 is 4.84 Å². The molecule has 0 radical (unpaired) electrons. The lowest BCUT2D eigenvalue weighted by Crippen LogP contribution is -2.40. The Balaban J connectivity index is 1.70. The van der Waals surface area contributed by atoms with E-state index in [1.807, 2.05) is 24.4 Å². The molecule has 1 N–H and O–H groups in total. The van der Waals surface area contributed by atoms with E-state index >= 15 is 0 Å². The number of anilines is 1. The largest absolute Gasteiger partial charge is 0.379 e. The molecule has 1 atom stereocenters. The highest BCUT2D eigenvalue weighted by molar-refractivity contribution is 7.15. The second-order valence-electron chi connectivity index (χ2n) is 4.59. The number of hydrogen-bond donors (Lipinski definition) is 1. The van der Waals surface area contributed by atoms with Crippen molar-refractivity contribution in [3.05, 3.63) is 27.4 Å². The number of oxime groups is 1. The third-order valence-electron chi connectivity index (χ3n) is 2.89. The molecule has 0 aliphatic carbocycles. The minimum absolute atomic E-state index is 0.260. The van der Waals surface area contributed by atoms with E-state index < -0.39 is 5.60 Å². The van der Waals surface area contributed by atoms with Crippen LogP contribution >= 0.6 is 22.7 Å². The minimum Gasteiger partial charge on any atom is -0.379 e. The lowest BCUT2D eigenvalue weighted by molar-refractivity contribution is -0.135. The molecule has 0 saturated heterocycles. The van der Waals surface area contributed by atoms with Crippen molar-refractivity contribution in [1.82, 2.24) is 10.2 Å². The van der Waals surface area contributed by atoms with Gasteiger partial charge in [0.1, 0.15) is 10.7 Å². The number of carbonyl (C=O) groups excluding carboxylic acids is 1. The van der Waals surface area contributed by atoms with Crippen LogP contribution in [0.2, 0.25) is 0 Å². The van der Waals surface area contributed by atoms with Crippen molar-refractivity contribution in [1.29, 1.82) is 0 Å². The van der Waals surface area contributed by atoms with Gasteiger partial charge in [0.2, 0.25) is 10.7 Å². The Morgan fingerprint density at radius 2 is 2.35 bits per heavy atom. The molecule has 1 aliphatic heterocycles. The molecule has 3 heterocycles. The molecule has 104 valence electrons. The first kappa shape index (κ1) is 13.2. The second-order valence-corrected chi connectivity index (χ2v) is 6.72. The van der Waals surface area contributed by atoms with Crippen molar-refractivity contribution in [3.8, 4) is 0 Å². The number of amides is 1. The number of aromatic nitrogens is 2. The zero-order valence-corrected chi connectivity index (χ0v) is 12.5. The standard InChI is InChI=1S/C12H12N4O2S2/c1-7-14-15-11(20-7)13-10(17)12(2)6-8(16-18-12)9-4-3-5-19-9/h3-5H,6H2,1-2H3,(H,13,15,17)/t12-/m1/s1. The summed E-state index contributed by atoms with van der Waals surface area (Å²) in [5.41, 5.74) is -0.204. The molecule has 2 aromatic heterocycles. The van der Waals surface area contributed by atoms with Crippen LogP contribution in [-0.4, -0.2) is 27.4 Å². The molecule has 6 nitrogen and oxygen atoms in total. The van der Waals surface area contributed by atoms with Gasteiger partial charge in [0.15, 0.2) is 0 Å². The Hall–Kier alpha value is -1.80. The zero-order valence-electron chi connectivity index (χ0n) is 10.9. The van der Waals surface area contributed by atoms with Crippen molar-refractivity contribution in [2.24, 2.45) is 5.16 Å². The Bertz CT molecular complexity index is 665. The smallest absolute Gasteiger partial charge is 0.273 e. The van der Waals surface area contributed by atoms with Crippen molar-refractivity contribution in [2.75, 3.05) is 5.32 Å². The second kappa shape index (κ2) is 4.95. The number of nitrogens with one attached hydrogen (secondary N) is 1. The maximum atomic E-state index is 12.3. The van der Waals surface area contributed by atoms with Crippen molar-refractivity contribution >= 4 is 39.4 Å². The quantitative estimate of drug-likeness (QED) is 0.944. The van der Waals surface area contributed by atoms with E-state index in [0.717, 1.165) is 15.6 Å². The molecule has 1 amide bonds. The van der Waals surface area contributed by atoms with Crippen molar-refractivity contribution in [2.45, 2.75) is 25.9 Å². The number of carbonyl (C=O) groups is 1. The summed E-state index contributed by atoms with van der Waals surface area (Å²) in [5, 5.41) is 17.7. The molecule has 0 saturated carbocycles. The monoisotopic (exact) mass is 308 g/mol. The van der Waals surface area contributed by atoms with Crippen LogP contribution in [0, 0.1) is 6.92 Å². The van der Waals surface area contributed by atoms with Gasteiger partial charge in [-0.25, -0.2) is 0 Å². The average Bonchev–Trinajstić information content (AvgIpc) is 3.10. The fourth-order valence-electron chi connectivity index (χ4n) is 1.81. The van der Waals surface area contributed by atoms with E-state index in [2.05, 4.69) is 20.7 Å².